The van der Waals surface area contributed by atoms with Crippen molar-refractivity contribution in [2.24, 2.45) is 0 Å². The van der Waals surface area contributed by atoms with E-state index < -0.39 is 0 Å². The van der Waals surface area contributed by atoms with Crippen LogP contribution in [0.2, 0.25) is 10.0 Å². The van der Waals surface area contributed by atoms with E-state index in [4.69, 9.17) is 23.2 Å². The summed E-state index contributed by atoms with van der Waals surface area (Å²) >= 11 is 12.4. The number of ketones is 1. The summed E-state index contributed by atoms with van der Waals surface area (Å²) in [5.41, 5.74) is 3.88. The molecule has 0 N–H and O–H groups in total. The van der Waals surface area contributed by atoms with Gasteiger partial charge in [-0.15, -0.1) is 0 Å². The molecule has 0 aliphatic carbocycles. The first-order valence-corrected chi connectivity index (χ1v) is 8.65. The molecule has 1 nitrogen and oxygen atoms in total. The van der Waals surface area contributed by atoms with E-state index in [1.807, 2.05) is 61.5 Å². The lowest BCUT2D eigenvalue weighted by atomic mass is 9.90. The lowest BCUT2D eigenvalue weighted by molar-refractivity contribution is 0.103. The van der Waals surface area contributed by atoms with Crippen molar-refractivity contribution < 1.29 is 4.79 Å². The summed E-state index contributed by atoms with van der Waals surface area (Å²) in [5.74, 6) is -0.0459. The Morgan fingerprint density at radius 3 is 1.96 bits per heavy atom. The number of benzene rings is 3. The van der Waals surface area contributed by atoms with Crippen molar-refractivity contribution in [3.05, 3.63) is 111 Å². The maximum absolute atomic E-state index is 13.0. The number of halogens is 2. The first kappa shape index (κ1) is 17.5. The fourth-order valence-electron chi connectivity index (χ4n) is 2.77. The van der Waals surface area contributed by atoms with Gasteiger partial charge in [0.15, 0.2) is 5.78 Å². The molecule has 3 heteroatoms. The Hall–Kier alpha value is -2.35. The molecule has 0 heterocycles. The summed E-state index contributed by atoms with van der Waals surface area (Å²) in [4.78, 5) is 13.0. The summed E-state index contributed by atoms with van der Waals surface area (Å²) in [6.07, 6.45) is 0. The highest BCUT2D eigenvalue weighted by atomic mass is 35.5. The van der Waals surface area contributed by atoms with Crippen LogP contribution >= 0.6 is 23.2 Å². The fourth-order valence-corrected chi connectivity index (χ4v) is 3.13. The van der Waals surface area contributed by atoms with Gasteiger partial charge < -0.3 is 0 Å². The number of allylic oxidation sites excluding steroid dienone is 1. The molecule has 0 atom stereocenters. The molecular formula is C22H16Cl2O. The molecule has 0 aliphatic rings. The van der Waals surface area contributed by atoms with Crippen LogP contribution in [0.1, 0.15) is 28.4 Å². The van der Waals surface area contributed by atoms with Crippen LogP contribution in [0.15, 0.2) is 84.4 Å². The monoisotopic (exact) mass is 366 g/mol. The Morgan fingerprint density at radius 2 is 1.32 bits per heavy atom. The van der Waals surface area contributed by atoms with Gasteiger partial charge in [-0.1, -0.05) is 71.7 Å². The number of Topliss-reactive ketones (excluding diaryl/α,β-unsaturated/α-hetero) is 1. The van der Waals surface area contributed by atoms with Crippen LogP contribution in [0.4, 0.5) is 0 Å². The Bertz CT molecular complexity index is 926. The minimum Gasteiger partial charge on any atom is -0.289 e. The smallest absolute Gasteiger partial charge is 0.189 e. The first-order chi connectivity index (χ1) is 12.1. The third-order valence-electron chi connectivity index (χ3n) is 4.03. The summed E-state index contributed by atoms with van der Waals surface area (Å²) in [7, 11) is 0. The number of carbonyl (C=O) groups is 1. The van der Waals surface area contributed by atoms with Crippen molar-refractivity contribution in [3.8, 4) is 0 Å². The molecule has 0 radical (unpaired) electrons. The van der Waals surface area contributed by atoms with E-state index >= 15 is 0 Å². The van der Waals surface area contributed by atoms with E-state index in [1.165, 1.54) is 0 Å². The highest BCUT2D eigenvalue weighted by molar-refractivity contribution is 6.33. The van der Waals surface area contributed by atoms with Crippen LogP contribution < -0.4 is 0 Å². The van der Waals surface area contributed by atoms with E-state index in [-0.39, 0.29) is 5.78 Å². The van der Waals surface area contributed by atoms with Gasteiger partial charge in [0.25, 0.3) is 0 Å². The second-order valence-corrected chi connectivity index (χ2v) is 6.53. The molecule has 3 aromatic rings. The molecule has 124 valence electrons. The van der Waals surface area contributed by atoms with Crippen LogP contribution in [0.5, 0.6) is 0 Å². The van der Waals surface area contributed by atoms with Gasteiger partial charge in [0.2, 0.25) is 0 Å². The van der Waals surface area contributed by atoms with Gasteiger partial charge in [0.1, 0.15) is 0 Å². The molecule has 0 amide bonds. The molecule has 25 heavy (non-hydrogen) atoms. The van der Waals surface area contributed by atoms with Crippen molar-refractivity contribution >= 4 is 34.6 Å². The minimum absolute atomic E-state index is 0.0459. The number of hydrogen-bond acceptors (Lipinski definition) is 1. The molecule has 0 unspecified atom stereocenters. The van der Waals surface area contributed by atoms with Crippen molar-refractivity contribution in [3.63, 3.8) is 0 Å². The summed E-state index contributed by atoms with van der Waals surface area (Å²) in [5, 5.41) is 1.22. The van der Waals surface area contributed by atoms with E-state index in [9.17, 15) is 4.79 Å². The van der Waals surface area contributed by atoms with Crippen LogP contribution in [-0.4, -0.2) is 5.78 Å². The quantitative estimate of drug-likeness (QED) is 0.370. The normalized spacial score (nSPS) is 11.8. The Morgan fingerprint density at radius 1 is 0.720 bits per heavy atom. The van der Waals surface area contributed by atoms with Gasteiger partial charge in [-0.3, -0.25) is 4.79 Å². The van der Waals surface area contributed by atoms with Crippen LogP contribution in [0, 0.1) is 0 Å². The van der Waals surface area contributed by atoms with E-state index in [2.05, 4.69) is 0 Å². The predicted molar refractivity (Wildman–Crippen MR) is 105 cm³/mol. The van der Waals surface area contributed by atoms with Crippen molar-refractivity contribution in [1.82, 2.24) is 0 Å². The molecule has 0 bridgehead atoms. The lowest BCUT2D eigenvalue weighted by Gasteiger charge is -2.14. The molecule has 0 spiro atoms. The molecular weight excluding hydrogens is 351 g/mol. The zero-order valence-corrected chi connectivity index (χ0v) is 15.2. The molecule has 0 saturated heterocycles. The standard InChI is InChI=1S/C22H16Cl2O/c1-15(22(25)17-11-13-18(23)14-12-17)21(16-7-3-2-4-8-16)19-9-5-6-10-20(19)24/h2-14H,1H3. The Labute approximate surface area is 157 Å². The molecule has 0 aromatic heterocycles. The highest BCUT2D eigenvalue weighted by Crippen LogP contribution is 2.33. The second-order valence-electron chi connectivity index (χ2n) is 5.68. The largest absolute Gasteiger partial charge is 0.289 e. The van der Waals surface area contributed by atoms with Gasteiger partial charge in [-0.2, -0.15) is 0 Å². The third kappa shape index (κ3) is 3.84. The summed E-state index contributed by atoms with van der Waals surface area (Å²) in [6, 6.07) is 24.3. The topological polar surface area (TPSA) is 17.1 Å². The van der Waals surface area contributed by atoms with E-state index in [0.29, 0.717) is 21.2 Å². The number of hydrogen-bond donors (Lipinski definition) is 0. The zero-order chi connectivity index (χ0) is 17.8. The van der Waals surface area contributed by atoms with E-state index in [1.54, 1.807) is 24.3 Å². The lowest BCUT2D eigenvalue weighted by Crippen LogP contribution is -2.05. The zero-order valence-electron chi connectivity index (χ0n) is 13.7. The van der Waals surface area contributed by atoms with Crippen molar-refractivity contribution in [2.45, 2.75) is 6.92 Å². The van der Waals surface area contributed by atoms with Crippen LogP contribution in [0.3, 0.4) is 0 Å². The maximum Gasteiger partial charge on any atom is 0.189 e. The fraction of sp³-hybridized carbons (Fsp3) is 0.0455. The first-order valence-electron chi connectivity index (χ1n) is 7.89. The highest BCUT2D eigenvalue weighted by Gasteiger charge is 2.17. The third-order valence-corrected chi connectivity index (χ3v) is 4.61. The molecule has 3 aromatic carbocycles. The average Bonchev–Trinajstić information content (AvgIpc) is 2.64. The van der Waals surface area contributed by atoms with E-state index in [0.717, 1.165) is 16.7 Å². The maximum atomic E-state index is 13.0. The number of rotatable bonds is 4. The van der Waals surface area contributed by atoms with Gasteiger partial charge in [-0.25, -0.2) is 0 Å². The van der Waals surface area contributed by atoms with Crippen LogP contribution in [0.25, 0.3) is 5.57 Å². The SMILES string of the molecule is CC(C(=O)c1ccc(Cl)cc1)=C(c1ccccc1)c1ccccc1Cl. The minimum atomic E-state index is -0.0459. The van der Waals surface area contributed by atoms with Crippen molar-refractivity contribution in [2.75, 3.05) is 0 Å². The summed E-state index contributed by atoms with van der Waals surface area (Å²) in [6.45, 7) is 1.84. The van der Waals surface area contributed by atoms with Gasteiger partial charge in [-0.05, 0) is 48.4 Å². The molecule has 0 aliphatic heterocycles. The summed E-state index contributed by atoms with van der Waals surface area (Å²) < 4.78 is 0. The Kier molecular flexibility index (Phi) is 5.37. The Balaban J connectivity index is 2.19. The van der Waals surface area contributed by atoms with Crippen molar-refractivity contribution in [1.29, 1.82) is 0 Å². The average molecular weight is 367 g/mol. The van der Waals surface area contributed by atoms with Gasteiger partial charge in [0, 0.05) is 26.7 Å². The molecule has 0 fully saturated rings. The van der Waals surface area contributed by atoms with Crippen LogP contribution in [-0.2, 0) is 0 Å². The molecule has 0 saturated carbocycles. The van der Waals surface area contributed by atoms with Gasteiger partial charge >= 0.3 is 0 Å². The van der Waals surface area contributed by atoms with Gasteiger partial charge in [0.05, 0.1) is 0 Å². The molecule has 3 rings (SSSR count). The number of carbonyl (C=O) groups excluding carboxylic acids is 1. The predicted octanol–water partition coefficient (Wildman–Crippen LogP) is 6.70. The second kappa shape index (κ2) is 7.69.